The van der Waals surface area contributed by atoms with E-state index in [4.69, 9.17) is 9.47 Å². The van der Waals surface area contributed by atoms with Crippen LogP contribution in [0.25, 0.3) is 0 Å². The summed E-state index contributed by atoms with van der Waals surface area (Å²) >= 11 is 0. The van der Waals surface area contributed by atoms with E-state index in [2.05, 4.69) is 36.5 Å². The van der Waals surface area contributed by atoms with Gasteiger partial charge >= 0.3 is 0 Å². The third-order valence-corrected chi connectivity index (χ3v) is 4.77. The maximum Gasteiger partial charge on any atom is 0.220 e. The lowest BCUT2D eigenvalue weighted by atomic mass is 9.89. The molecule has 3 rings (SSSR count). The van der Waals surface area contributed by atoms with Gasteiger partial charge in [0.15, 0.2) is 0 Å². The number of aryl methyl sites for hydroxylation is 2. The number of methoxy groups -OCH3 is 1. The van der Waals surface area contributed by atoms with Crippen molar-refractivity contribution in [2.24, 2.45) is 0 Å². The van der Waals surface area contributed by atoms with Crippen LogP contribution < -0.4 is 14.8 Å². The van der Waals surface area contributed by atoms with Crippen LogP contribution in [0.15, 0.2) is 42.5 Å². The Bertz CT molecular complexity index is 780. The summed E-state index contributed by atoms with van der Waals surface area (Å²) in [6.45, 7) is 6.15. The summed E-state index contributed by atoms with van der Waals surface area (Å²) in [7, 11) is 1.64. The largest absolute Gasteiger partial charge is 0.497 e. The minimum absolute atomic E-state index is 0.0508. The highest BCUT2D eigenvalue weighted by atomic mass is 16.5. The predicted octanol–water partition coefficient (Wildman–Crippen LogP) is 4.35. The summed E-state index contributed by atoms with van der Waals surface area (Å²) in [5.74, 6) is 1.60. The first-order valence-corrected chi connectivity index (χ1v) is 9.08. The van der Waals surface area contributed by atoms with Gasteiger partial charge in [-0.15, -0.1) is 0 Å². The van der Waals surface area contributed by atoms with Crippen molar-refractivity contribution in [1.82, 2.24) is 5.32 Å². The molecule has 2 aromatic carbocycles. The zero-order chi connectivity index (χ0) is 18.7. The lowest BCUT2D eigenvalue weighted by molar-refractivity contribution is -0.122. The summed E-state index contributed by atoms with van der Waals surface area (Å²) in [6, 6.07) is 14.1. The first-order chi connectivity index (χ1) is 12.4. The van der Waals surface area contributed by atoms with Crippen LogP contribution in [0.2, 0.25) is 0 Å². The van der Waals surface area contributed by atoms with E-state index >= 15 is 0 Å². The molecule has 0 saturated carbocycles. The normalized spacial score (nSPS) is 17.8. The van der Waals surface area contributed by atoms with Crippen molar-refractivity contribution in [3.63, 3.8) is 0 Å². The fourth-order valence-electron chi connectivity index (χ4n) is 3.37. The van der Waals surface area contributed by atoms with Crippen molar-refractivity contribution < 1.29 is 14.3 Å². The molecule has 1 amide bonds. The van der Waals surface area contributed by atoms with E-state index in [1.54, 1.807) is 7.11 Å². The molecule has 0 aromatic heterocycles. The quantitative estimate of drug-likeness (QED) is 0.869. The molecule has 0 fully saturated rings. The number of amides is 1. The third-order valence-electron chi connectivity index (χ3n) is 4.77. The number of nitrogens with one attached hydrogen (secondary N) is 1. The fourth-order valence-corrected chi connectivity index (χ4v) is 3.37. The molecule has 4 nitrogen and oxygen atoms in total. The number of fused-ring (bicyclic) bond motifs is 1. The molecule has 0 saturated heterocycles. The number of hydrogen-bond acceptors (Lipinski definition) is 3. The number of carbonyl (C=O) groups excluding carboxylic acids is 1. The van der Waals surface area contributed by atoms with Crippen LogP contribution in [-0.4, -0.2) is 18.6 Å². The van der Waals surface area contributed by atoms with Gasteiger partial charge in [0.05, 0.1) is 13.2 Å². The monoisotopic (exact) mass is 353 g/mol. The second-order valence-corrected chi connectivity index (χ2v) is 7.58. The number of rotatable bonds is 5. The molecular weight excluding hydrogens is 326 g/mol. The summed E-state index contributed by atoms with van der Waals surface area (Å²) < 4.78 is 11.4. The van der Waals surface area contributed by atoms with Crippen LogP contribution in [0.3, 0.4) is 0 Å². The van der Waals surface area contributed by atoms with E-state index < -0.39 is 0 Å². The Morgan fingerprint density at radius 1 is 1.23 bits per heavy atom. The summed E-state index contributed by atoms with van der Waals surface area (Å²) in [5, 5.41) is 3.19. The van der Waals surface area contributed by atoms with Crippen LogP contribution in [0.4, 0.5) is 0 Å². The third kappa shape index (κ3) is 4.37. The van der Waals surface area contributed by atoms with Crippen molar-refractivity contribution in [1.29, 1.82) is 0 Å². The molecule has 26 heavy (non-hydrogen) atoms. The molecule has 0 spiro atoms. The second-order valence-electron chi connectivity index (χ2n) is 7.58. The summed E-state index contributed by atoms with van der Waals surface area (Å²) in [4.78, 5) is 12.5. The lowest BCUT2D eigenvalue weighted by Gasteiger charge is -2.38. The highest BCUT2D eigenvalue weighted by Gasteiger charge is 2.34. The smallest absolute Gasteiger partial charge is 0.220 e. The van der Waals surface area contributed by atoms with Crippen LogP contribution in [0.5, 0.6) is 11.5 Å². The summed E-state index contributed by atoms with van der Waals surface area (Å²) in [5.41, 5.74) is 3.08. The number of benzene rings is 2. The average molecular weight is 353 g/mol. The van der Waals surface area contributed by atoms with E-state index in [1.807, 2.05) is 32.0 Å². The van der Waals surface area contributed by atoms with Crippen molar-refractivity contribution in [2.45, 2.75) is 51.7 Å². The zero-order valence-corrected chi connectivity index (χ0v) is 16.0. The van der Waals surface area contributed by atoms with Crippen molar-refractivity contribution in [3.05, 3.63) is 59.2 Å². The molecular formula is C22H27NO3. The Labute approximate surface area is 155 Å². The minimum Gasteiger partial charge on any atom is -0.497 e. The van der Waals surface area contributed by atoms with Gasteiger partial charge in [0.2, 0.25) is 5.91 Å². The SMILES string of the molecule is COc1ccc2c(c1)OC(C)(C)C[C@@H]2NC(=O)CCc1ccc(C)cc1. The molecule has 1 aliphatic rings. The molecule has 1 N–H and O–H groups in total. The standard InChI is InChI=1S/C22H27NO3/c1-15-5-7-16(8-6-15)9-12-21(24)23-19-14-22(2,3)26-20-13-17(25-4)10-11-18(19)20/h5-8,10-11,13,19H,9,12,14H2,1-4H3,(H,23,24)/t19-/m0/s1. The van der Waals surface area contributed by atoms with Gasteiger partial charge < -0.3 is 14.8 Å². The topological polar surface area (TPSA) is 47.6 Å². The maximum atomic E-state index is 12.5. The highest BCUT2D eigenvalue weighted by molar-refractivity contribution is 5.77. The molecule has 2 aromatic rings. The van der Waals surface area contributed by atoms with Gasteiger partial charge in [-0.25, -0.2) is 0 Å². The zero-order valence-electron chi connectivity index (χ0n) is 16.0. The Morgan fingerprint density at radius 2 is 1.96 bits per heavy atom. The van der Waals surface area contributed by atoms with Gasteiger partial charge in [0, 0.05) is 24.5 Å². The Morgan fingerprint density at radius 3 is 2.65 bits per heavy atom. The van der Waals surface area contributed by atoms with Crippen molar-refractivity contribution in [2.75, 3.05) is 7.11 Å². The maximum absolute atomic E-state index is 12.5. The van der Waals surface area contributed by atoms with Gasteiger partial charge in [-0.1, -0.05) is 29.8 Å². The first-order valence-electron chi connectivity index (χ1n) is 9.08. The number of hydrogen-bond donors (Lipinski definition) is 1. The predicted molar refractivity (Wildman–Crippen MR) is 103 cm³/mol. The molecule has 1 heterocycles. The van der Waals surface area contributed by atoms with Crippen molar-refractivity contribution in [3.8, 4) is 11.5 Å². The van der Waals surface area contributed by atoms with E-state index in [0.29, 0.717) is 6.42 Å². The van der Waals surface area contributed by atoms with E-state index in [0.717, 1.165) is 29.9 Å². The molecule has 0 radical (unpaired) electrons. The molecule has 4 heteroatoms. The van der Waals surface area contributed by atoms with Crippen LogP contribution in [0.1, 0.15) is 49.4 Å². The Hall–Kier alpha value is -2.49. The Kier molecular flexibility index (Phi) is 5.21. The van der Waals surface area contributed by atoms with Gasteiger partial charge in [-0.2, -0.15) is 0 Å². The molecule has 1 atom stereocenters. The molecule has 0 aliphatic carbocycles. The lowest BCUT2D eigenvalue weighted by Crippen LogP contribution is -2.41. The number of ether oxygens (including phenoxy) is 2. The van der Waals surface area contributed by atoms with Gasteiger partial charge in [0.25, 0.3) is 0 Å². The van der Waals surface area contributed by atoms with Gasteiger partial charge in [0.1, 0.15) is 17.1 Å². The fraction of sp³-hybridized carbons (Fsp3) is 0.409. The second kappa shape index (κ2) is 7.40. The summed E-state index contributed by atoms with van der Waals surface area (Å²) in [6.07, 6.45) is 1.96. The molecule has 138 valence electrons. The first kappa shape index (κ1) is 18.3. The van der Waals surface area contributed by atoms with E-state index in [-0.39, 0.29) is 17.6 Å². The van der Waals surface area contributed by atoms with Crippen molar-refractivity contribution >= 4 is 5.91 Å². The average Bonchev–Trinajstić information content (AvgIpc) is 2.59. The van der Waals surface area contributed by atoms with E-state index in [1.165, 1.54) is 11.1 Å². The Balaban J connectivity index is 1.68. The highest BCUT2D eigenvalue weighted by Crippen LogP contribution is 2.41. The molecule has 1 aliphatic heterocycles. The van der Waals surface area contributed by atoms with Crippen LogP contribution in [-0.2, 0) is 11.2 Å². The van der Waals surface area contributed by atoms with Gasteiger partial charge in [-0.3, -0.25) is 4.79 Å². The number of carbonyl (C=O) groups is 1. The van der Waals surface area contributed by atoms with Gasteiger partial charge in [-0.05, 0) is 44.9 Å². The molecule has 0 bridgehead atoms. The van der Waals surface area contributed by atoms with E-state index in [9.17, 15) is 4.79 Å². The minimum atomic E-state index is -0.339. The molecule has 0 unspecified atom stereocenters. The van der Waals surface area contributed by atoms with Crippen LogP contribution >= 0.6 is 0 Å². The van der Waals surface area contributed by atoms with Crippen LogP contribution in [0, 0.1) is 6.92 Å².